The summed E-state index contributed by atoms with van der Waals surface area (Å²) in [6, 6.07) is 4.79. The number of hydrogen-bond donors (Lipinski definition) is 2. The first-order valence-corrected chi connectivity index (χ1v) is 9.70. The van der Waals surface area contributed by atoms with Gasteiger partial charge < -0.3 is 5.32 Å². The number of amides is 1. The average Bonchev–Trinajstić information content (AvgIpc) is 2.59. The van der Waals surface area contributed by atoms with Gasteiger partial charge in [-0.3, -0.25) is 4.79 Å². The van der Waals surface area contributed by atoms with Gasteiger partial charge in [-0.25, -0.2) is 13.1 Å². The highest BCUT2D eigenvalue weighted by molar-refractivity contribution is 7.89. The SMILES string of the molecule is C=CCNS(=O)(=O)c1cccc(C(=O)NC2CCCC(C(F)(F)F)C2)c1. The molecular formula is C17H21F3N2O3S. The lowest BCUT2D eigenvalue weighted by Crippen LogP contribution is -2.41. The van der Waals surface area contributed by atoms with Crippen LogP contribution in [0.25, 0.3) is 0 Å². The molecule has 0 aromatic heterocycles. The van der Waals surface area contributed by atoms with Crippen LogP contribution < -0.4 is 10.0 Å². The third-order valence-corrected chi connectivity index (χ3v) is 5.72. The molecule has 1 aliphatic rings. The fourth-order valence-corrected chi connectivity index (χ4v) is 3.99. The Balaban J connectivity index is 2.08. The molecule has 0 aliphatic heterocycles. The van der Waals surface area contributed by atoms with E-state index in [2.05, 4.69) is 16.6 Å². The molecule has 0 radical (unpaired) electrons. The Morgan fingerprint density at radius 3 is 2.69 bits per heavy atom. The number of sulfonamides is 1. The lowest BCUT2D eigenvalue weighted by molar-refractivity contribution is -0.183. The zero-order valence-electron chi connectivity index (χ0n) is 14.1. The Kier molecular flexibility index (Phi) is 6.46. The van der Waals surface area contributed by atoms with Crippen molar-refractivity contribution in [3.8, 4) is 0 Å². The van der Waals surface area contributed by atoms with E-state index in [1.165, 1.54) is 30.3 Å². The Hall–Kier alpha value is -1.87. The van der Waals surface area contributed by atoms with Gasteiger partial charge in [0.15, 0.2) is 0 Å². The molecule has 0 spiro atoms. The second-order valence-electron chi connectivity index (χ2n) is 6.24. The summed E-state index contributed by atoms with van der Waals surface area (Å²) in [7, 11) is -3.79. The summed E-state index contributed by atoms with van der Waals surface area (Å²) in [6.45, 7) is 3.46. The van der Waals surface area contributed by atoms with Gasteiger partial charge in [0.1, 0.15) is 0 Å². The molecule has 5 nitrogen and oxygen atoms in total. The van der Waals surface area contributed by atoms with E-state index in [1.54, 1.807) is 0 Å². The molecule has 1 aliphatic carbocycles. The zero-order chi connectivity index (χ0) is 19.4. The maximum Gasteiger partial charge on any atom is 0.391 e. The summed E-state index contributed by atoms with van der Waals surface area (Å²) in [4.78, 5) is 12.2. The maximum atomic E-state index is 12.9. The molecule has 144 valence electrons. The van der Waals surface area contributed by atoms with Gasteiger partial charge >= 0.3 is 6.18 Å². The highest BCUT2D eigenvalue weighted by Gasteiger charge is 2.42. The number of rotatable bonds is 6. The van der Waals surface area contributed by atoms with Gasteiger partial charge in [0.25, 0.3) is 5.91 Å². The molecule has 1 aromatic rings. The minimum Gasteiger partial charge on any atom is -0.349 e. The van der Waals surface area contributed by atoms with E-state index >= 15 is 0 Å². The van der Waals surface area contributed by atoms with Crippen LogP contribution in [0.2, 0.25) is 0 Å². The zero-order valence-corrected chi connectivity index (χ0v) is 14.9. The van der Waals surface area contributed by atoms with Crippen LogP contribution in [0.5, 0.6) is 0 Å². The number of nitrogens with one attached hydrogen (secondary N) is 2. The predicted octanol–water partition coefficient (Wildman–Crippen LogP) is 3.00. The summed E-state index contributed by atoms with van der Waals surface area (Å²) in [5.41, 5.74) is 0.0839. The predicted molar refractivity (Wildman–Crippen MR) is 91.1 cm³/mol. The van der Waals surface area contributed by atoms with Crippen molar-refractivity contribution in [1.29, 1.82) is 0 Å². The summed E-state index contributed by atoms with van der Waals surface area (Å²) >= 11 is 0. The van der Waals surface area contributed by atoms with E-state index in [4.69, 9.17) is 0 Å². The van der Waals surface area contributed by atoms with Crippen LogP contribution in [-0.2, 0) is 10.0 Å². The van der Waals surface area contributed by atoms with Crippen LogP contribution in [0.15, 0.2) is 41.8 Å². The number of carbonyl (C=O) groups is 1. The van der Waals surface area contributed by atoms with Crippen molar-refractivity contribution in [2.24, 2.45) is 5.92 Å². The monoisotopic (exact) mass is 390 g/mol. The Morgan fingerprint density at radius 2 is 2.04 bits per heavy atom. The van der Waals surface area contributed by atoms with E-state index in [1.807, 2.05) is 0 Å². The first-order valence-electron chi connectivity index (χ1n) is 8.21. The molecular weight excluding hydrogens is 369 g/mol. The fourth-order valence-electron chi connectivity index (χ4n) is 2.94. The van der Waals surface area contributed by atoms with E-state index in [0.717, 1.165) is 0 Å². The fraction of sp³-hybridized carbons (Fsp3) is 0.471. The lowest BCUT2D eigenvalue weighted by Gasteiger charge is -2.31. The van der Waals surface area contributed by atoms with Gasteiger partial charge in [0.05, 0.1) is 10.8 Å². The standard InChI is InChI=1S/C17H21F3N2O3S/c1-2-9-21-26(24,25)15-8-3-5-12(10-15)16(23)22-14-7-4-6-13(11-14)17(18,19)20/h2-3,5,8,10,13-14,21H,1,4,6-7,9,11H2,(H,22,23). The van der Waals surface area contributed by atoms with Crippen LogP contribution in [0.4, 0.5) is 13.2 Å². The minimum atomic E-state index is -4.27. The Labute approximate surface area is 150 Å². The van der Waals surface area contributed by atoms with Gasteiger partial charge in [0.2, 0.25) is 10.0 Å². The van der Waals surface area contributed by atoms with Gasteiger partial charge in [-0.2, -0.15) is 13.2 Å². The Morgan fingerprint density at radius 1 is 1.31 bits per heavy atom. The van der Waals surface area contributed by atoms with E-state index in [-0.39, 0.29) is 29.8 Å². The molecule has 2 unspecified atom stereocenters. The molecule has 26 heavy (non-hydrogen) atoms. The van der Waals surface area contributed by atoms with Crippen molar-refractivity contribution in [1.82, 2.24) is 10.0 Å². The number of benzene rings is 1. The first kappa shape index (κ1) is 20.4. The molecule has 9 heteroatoms. The van der Waals surface area contributed by atoms with Gasteiger partial charge in [0, 0.05) is 18.2 Å². The molecule has 0 saturated heterocycles. The summed E-state index contributed by atoms with van der Waals surface area (Å²) in [5, 5.41) is 2.59. The van der Waals surface area contributed by atoms with Crippen molar-refractivity contribution in [2.45, 2.75) is 42.8 Å². The summed E-state index contributed by atoms with van der Waals surface area (Å²) < 4.78 is 65.1. The van der Waals surface area contributed by atoms with Crippen molar-refractivity contribution < 1.29 is 26.4 Å². The smallest absolute Gasteiger partial charge is 0.349 e. The van der Waals surface area contributed by atoms with Crippen molar-refractivity contribution in [3.63, 3.8) is 0 Å². The van der Waals surface area contributed by atoms with E-state index in [0.29, 0.717) is 12.8 Å². The molecule has 2 atom stereocenters. The molecule has 2 rings (SSSR count). The van der Waals surface area contributed by atoms with Crippen LogP contribution in [-0.4, -0.2) is 33.1 Å². The number of hydrogen-bond acceptors (Lipinski definition) is 3. The molecule has 0 heterocycles. The normalized spacial score (nSPS) is 21.2. The lowest BCUT2D eigenvalue weighted by atomic mass is 9.85. The molecule has 2 N–H and O–H groups in total. The molecule has 1 amide bonds. The van der Waals surface area contributed by atoms with Gasteiger partial charge in [-0.05, 0) is 37.5 Å². The van der Waals surface area contributed by atoms with Crippen LogP contribution in [0, 0.1) is 5.92 Å². The highest BCUT2D eigenvalue weighted by atomic mass is 32.2. The van der Waals surface area contributed by atoms with Crippen LogP contribution >= 0.6 is 0 Å². The molecule has 0 bridgehead atoms. The van der Waals surface area contributed by atoms with Crippen molar-refractivity contribution in [3.05, 3.63) is 42.5 Å². The largest absolute Gasteiger partial charge is 0.391 e. The Bertz CT molecular complexity index is 763. The number of halogens is 3. The van der Waals surface area contributed by atoms with E-state index in [9.17, 15) is 26.4 Å². The third-order valence-electron chi connectivity index (χ3n) is 4.30. The third kappa shape index (κ3) is 5.31. The summed E-state index contributed by atoms with van der Waals surface area (Å²) in [6.07, 6.45) is -2.12. The highest BCUT2D eigenvalue weighted by Crippen LogP contribution is 2.37. The molecule has 1 fully saturated rings. The molecule has 1 saturated carbocycles. The van der Waals surface area contributed by atoms with Crippen molar-refractivity contribution in [2.75, 3.05) is 6.54 Å². The number of alkyl halides is 3. The topological polar surface area (TPSA) is 75.3 Å². The average molecular weight is 390 g/mol. The van der Waals surface area contributed by atoms with Gasteiger partial charge in [-0.1, -0.05) is 18.6 Å². The molecule has 1 aromatic carbocycles. The second kappa shape index (κ2) is 8.22. The van der Waals surface area contributed by atoms with Crippen molar-refractivity contribution >= 4 is 15.9 Å². The van der Waals surface area contributed by atoms with Gasteiger partial charge in [-0.15, -0.1) is 6.58 Å². The number of carbonyl (C=O) groups excluding carboxylic acids is 1. The quantitative estimate of drug-likeness (QED) is 0.734. The summed E-state index contributed by atoms with van der Waals surface area (Å²) in [5.74, 6) is -2.00. The first-order chi connectivity index (χ1) is 12.1. The van der Waals surface area contributed by atoms with Crippen LogP contribution in [0.3, 0.4) is 0 Å². The van der Waals surface area contributed by atoms with E-state index < -0.39 is 34.1 Å². The minimum absolute atomic E-state index is 0.0413. The maximum absolute atomic E-state index is 12.9. The van der Waals surface area contributed by atoms with Crippen LogP contribution in [0.1, 0.15) is 36.0 Å². The second-order valence-corrected chi connectivity index (χ2v) is 8.01.